The first-order valence-corrected chi connectivity index (χ1v) is 12.7. The summed E-state index contributed by atoms with van der Waals surface area (Å²) in [6, 6.07) is 27.8. The molecule has 1 saturated heterocycles. The molecule has 0 saturated carbocycles. The van der Waals surface area contributed by atoms with Crippen molar-refractivity contribution in [2.24, 2.45) is 10.7 Å². The molecule has 1 fully saturated rings. The molecule has 5 rings (SSSR count). The summed E-state index contributed by atoms with van der Waals surface area (Å²) in [6.07, 6.45) is 5.48. The Bertz CT molecular complexity index is 1460. The summed E-state index contributed by atoms with van der Waals surface area (Å²) in [4.78, 5) is 32.3. The number of aryl methyl sites for hydroxylation is 1. The highest BCUT2D eigenvalue weighted by Crippen LogP contribution is 2.36. The van der Waals surface area contributed by atoms with Gasteiger partial charge in [0.25, 0.3) is 5.91 Å². The Morgan fingerprint density at radius 3 is 2.39 bits per heavy atom. The number of aromatic nitrogens is 1. The lowest BCUT2D eigenvalue weighted by Gasteiger charge is -2.15. The molecule has 7 heteroatoms. The van der Waals surface area contributed by atoms with Crippen LogP contribution in [0.1, 0.15) is 17.5 Å². The Kier molecular flexibility index (Phi) is 7.00. The number of amidine groups is 1. The molecule has 6 nitrogen and oxygen atoms in total. The van der Waals surface area contributed by atoms with E-state index in [9.17, 15) is 9.59 Å². The first kappa shape index (κ1) is 23.6. The first-order valence-electron chi connectivity index (χ1n) is 11.8. The molecular weight excluding hydrogens is 468 g/mol. The van der Waals surface area contributed by atoms with E-state index < -0.39 is 5.91 Å². The van der Waals surface area contributed by atoms with E-state index in [0.717, 1.165) is 35.0 Å². The van der Waals surface area contributed by atoms with Crippen molar-refractivity contribution in [3.05, 3.63) is 107 Å². The molecule has 2 heterocycles. The van der Waals surface area contributed by atoms with E-state index in [-0.39, 0.29) is 12.5 Å². The minimum atomic E-state index is -0.414. The third-order valence-corrected chi connectivity index (χ3v) is 7.00. The van der Waals surface area contributed by atoms with Crippen molar-refractivity contribution < 1.29 is 9.59 Å². The highest BCUT2D eigenvalue weighted by Gasteiger charge is 2.33. The summed E-state index contributed by atoms with van der Waals surface area (Å²) >= 11 is 1.38. The van der Waals surface area contributed by atoms with Gasteiger partial charge in [0.05, 0.1) is 10.6 Å². The average Bonchev–Trinajstić information content (AvgIpc) is 3.37. The molecule has 0 aliphatic carbocycles. The standard InChI is InChI=1S/C29H26N4O2S/c30-27(34)20-32-19-22(24-15-7-8-16-25(24)32)18-26-28(35)33(17-9-12-21-10-3-1-4-11-21)29(36-26)31-23-13-5-2-6-14-23/h1-8,10-11,13-16,18-19H,9,12,17,20H2,(H2,30,34)/b26-18-,31-29?. The van der Waals surface area contributed by atoms with Gasteiger partial charge in [-0.05, 0) is 54.4 Å². The van der Waals surface area contributed by atoms with Crippen molar-refractivity contribution in [1.29, 1.82) is 0 Å². The van der Waals surface area contributed by atoms with Crippen molar-refractivity contribution in [3.8, 4) is 0 Å². The lowest BCUT2D eigenvalue weighted by Crippen LogP contribution is -2.30. The van der Waals surface area contributed by atoms with Gasteiger partial charge in [-0.3, -0.25) is 14.5 Å². The van der Waals surface area contributed by atoms with Gasteiger partial charge >= 0.3 is 0 Å². The number of rotatable bonds is 8. The molecule has 1 aliphatic heterocycles. The summed E-state index contributed by atoms with van der Waals surface area (Å²) in [6.45, 7) is 0.657. The van der Waals surface area contributed by atoms with Crippen LogP contribution in [0.4, 0.5) is 5.69 Å². The number of fused-ring (bicyclic) bond motifs is 1. The smallest absolute Gasteiger partial charge is 0.266 e. The number of amides is 2. The lowest BCUT2D eigenvalue weighted by molar-refractivity contribution is -0.122. The van der Waals surface area contributed by atoms with Crippen molar-refractivity contribution in [3.63, 3.8) is 0 Å². The van der Waals surface area contributed by atoms with E-state index in [1.54, 1.807) is 4.90 Å². The fourth-order valence-electron chi connectivity index (χ4n) is 4.32. The number of hydrogen-bond acceptors (Lipinski definition) is 4. The average molecular weight is 495 g/mol. The second kappa shape index (κ2) is 10.7. The number of benzene rings is 3. The minimum Gasteiger partial charge on any atom is -0.368 e. The Balaban J connectivity index is 1.46. The Morgan fingerprint density at radius 2 is 1.64 bits per heavy atom. The molecule has 0 radical (unpaired) electrons. The number of primary amides is 1. The predicted octanol–water partition coefficient (Wildman–Crippen LogP) is 5.36. The van der Waals surface area contributed by atoms with E-state index >= 15 is 0 Å². The van der Waals surface area contributed by atoms with Crippen LogP contribution in [0.15, 0.2) is 101 Å². The Morgan fingerprint density at radius 1 is 0.944 bits per heavy atom. The normalized spacial score (nSPS) is 15.9. The molecule has 180 valence electrons. The number of hydrogen-bond donors (Lipinski definition) is 1. The number of nitrogens with two attached hydrogens (primary N) is 1. The number of para-hydroxylation sites is 2. The van der Waals surface area contributed by atoms with Gasteiger partial charge < -0.3 is 10.3 Å². The topological polar surface area (TPSA) is 80.7 Å². The van der Waals surface area contributed by atoms with Crippen molar-refractivity contribution >= 4 is 51.4 Å². The summed E-state index contributed by atoms with van der Waals surface area (Å²) in [5, 5.41) is 1.63. The molecule has 0 bridgehead atoms. The zero-order chi connectivity index (χ0) is 24.9. The van der Waals surface area contributed by atoms with Gasteiger partial charge in [-0.1, -0.05) is 66.7 Å². The maximum absolute atomic E-state index is 13.5. The minimum absolute atomic E-state index is 0.0607. The van der Waals surface area contributed by atoms with Crippen LogP contribution < -0.4 is 5.73 Å². The molecule has 36 heavy (non-hydrogen) atoms. The lowest BCUT2D eigenvalue weighted by atomic mass is 10.1. The molecule has 3 aromatic carbocycles. The largest absolute Gasteiger partial charge is 0.368 e. The van der Waals surface area contributed by atoms with Crippen LogP contribution in [0.5, 0.6) is 0 Å². The summed E-state index contributed by atoms with van der Waals surface area (Å²) in [7, 11) is 0. The molecule has 0 spiro atoms. The monoisotopic (exact) mass is 494 g/mol. The zero-order valence-corrected chi connectivity index (χ0v) is 20.5. The second-order valence-corrected chi connectivity index (χ2v) is 9.59. The van der Waals surface area contributed by atoms with Gasteiger partial charge in [0.1, 0.15) is 6.54 Å². The highest BCUT2D eigenvalue weighted by molar-refractivity contribution is 8.18. The number of carbonyl (C=O) groups excluding carboxylic acids is 2. The van der Waals surface area contributed by atoms with Gasteiger partial charge in [0, 0.05) is 29.2 Å². The number of carbonyl (C=O) groups is 2. The molecule has 1 aliphatic rings. The van der Waals surface area contributed by atoms with Crippen LogP contribution >= 0.6 is 11.8 Å². The fraction of sp³-hybridized carbons (Fsp3) is 0.138. The van der Waals surface area contributed by atoms with Gasteiger partial charge in [-0.25, -0.2) is 4.99 Å². The molecule has 1 aromatic heterocycles. The number of nitrogens with zero attached hydrogens (tertiary/aromatic N) is 3. The van der Waals surface area contributed by atoms with Crippen LogP contribution in [0.25, 0.3) is 17.0 Å². The van der Waals surface area contributed by atoms with E-state index in [1.807, 2.05) is 89.6 Å². The maximum atomic E-state index is 13.5. The van der Waals surface area contributed by atoms with Gasteiger partial charge in [0.2, 0.25) is 5.91 Å². The maximum Gasteiger partial charge on any atom is 0.266 e. The van der Waals surface area contributed by atoms with Crippen LogP contribution in [0, 0.1) is 0 Å². The molecular formula is C29H26N4O2S. The van der Waals surface area contributed by atoms with Gasteiger partial charge in [-0.2, -0.15) is 0 Å². The van der Waals surface area contributed by atoms with E-state index in [2.05, 4.69) is 12.1 Å². The quantitative estimate of drug-likeness (QED) is 0.335. The summed E-state index contributed by atoms with van der Waals surface area (Å²) in [5.41, 5.74) is 9.27. The van der Waals surface area contributed by atoms with E-state index in [0.29, 0.717) is 16.6 Å². The summed E-state index contributed by atoms with van der Waals surface area (Å²) in [5.74, 6) is -0.474. The predicted molar refractivity (Wildman–Crippen MR) is 147 cm³/mol. The fourth-order valence-corrected chi connectivity index (χ4v) is 5.33. The van der Waals surface area contributed by atoms with Crippen LogP contribution in [0.2, 0.25) is 0 Å². The van der Waals surface area contributed by atoms with E-state index in [1.165, 1.54) is 17.3 Å². The zero-order valence-electron chi connectivity index (χ0n) is 19.7. The Hall–Kier alpha value is -4.10. The highest BCUT2D eigenvalue weighted by atomic mass is 32.2. The summed E-state index contributed by atoms with van der Waals surface area (Å²) < 4.78 is 1.82. The molecule has 4 aromatic rings. The third-order valence-electron chi connectivity index (χ3n) is 5.99. The van der Waals surface area contributed by atoms with Gasteiger partial charge in [0.15, 0.2) is 5.17 Å². The molecule has 2 N–H and O–H groups in total. The first-order chi connectivity index (χ1) is 17.6. The van der Waals surface area contributed by atoms with Crippen LogP contribution in [0.3, 0.4) is 0 Å². The number of thioether (sulfide) groups is 1. The Labute approximate surface area is 214 Å². The third kappa shape index (κ3) is 5.26. The van der Waals surface area contributed by atoms with Crippen LogP contribution in [-0.2, 0) is 22.6 Å². The molecule has 2 amide bonds. The van der Waals surface area contributed by atoms with Crippen molar-refractivity contribution in [1.82, 2.24) is 9.47 Å². The van der Waals surface area contributed by atoms with Crippen molar-refractivity contribution in [2.75, 3.05) is 6.54 Å². The van der Waals surface area contributed by atoms with E-state index in [4.69, 9.17) is 10.7 Å². The SMILES string of the molecule is NC(=O)Cn1cc(/C=C2\SC(=Nc3ccccc3)N(CCCc3ccccc3)C2=O)c2ccccc21. The molecule has 0 atom stereocenters. The second-order valence-electron chi connectivity index (χ2n) is 8.58. The van der Waals surface area contributed by atoms with Crippen molar-refractivity contribution in [2.45, 2.75) is 19.4 Å². The molecule has 0 unspecified atom stereocenters. The number of aliphatic imine (C=N–C) groups is 1. The van der Waals surface area contributed by atoms with Gasteiger partial charge in [-0.15, -0.1) is 0 Å². The van der Waals surface area contributed by atoms with Crippen LogP contribution in [-0.4, -0.2) is 33.0 Å².